The first-order valence-corrected chi connectivity index (χ1v) is 6.17. The van der Waals surface area contributed by atoms with Crippen LogP contribution in [0.4, 0.5) is 0 Å². The molecule has 98 valence electrons. The van der Waals surface area contributed by atoms with Crippen molar-refractivity contribution < 1.29 is 0 Å². The first-order chi connectivity index (χ1) is 9.86. The molecule has 0 radical (unpaired) electrons. The van der Waals surface area contributed by atoms with Crippen molar-refractivity contribution in [3.8, 4) is 23.2 Å². The van der Waals surface area contributed by atoms with Gasteiger partial charge >= 0.3 is 0 Å². The third-order valence-corrected chi connectivity index (χ3v) is 2.71. The first-order valence-electron chi connectivity index (χ1n) is 6.17. The zero-order valence-corrected chi connectivity index (χ0v) is 10.8. The Kier molecular flexibility index (Phi) is 3.32. The molecule has 7 nitrogen and oxygen atoms in total. The van der Waals surface area contributed by atoms with E-state index in [0.29, 0.717) is 23.2 Å². The normalized spacial score (nSPS) is 10.4. The monoisotopic (exact) mass is 265 g/mol. The fourth-order valence-electron chi connectivity index (χ4n) is 1.60. The highest BCUT2D eigenvalue weighted by molar-refractivity contribution is 5.48. The van der Waals surface area contributed by atoms with E-state index in [4.69, 9.17) is 0 Å². The minimum Gasteiger partial charge on any atom is -0.252 e. The molecule has 0 atom stereocenters. The molecular weight excluding hydrogens is 254 g/mol. The van der Waals surface area contributed by atoms with Gasteiger partial charge in [-0.2, -0.15) is 0 Å². The van der Waals surface area contributed by atoms with E-state index < -0.39 is 0 Å². The van der Waals surface area contributed by atoms with Gasteiger partial charge in [0.2, 0.25) is 17.5 Å². The number of hydrogen-bond donors (Lipinski definition) is 0. The third kappa shape index (κ3) is 2.46. The summed E-state index contributed by atoms with van der Waals surface area (Å²) in [4.78, 5) is 12.4. The molecule has 3 heterocycles. The maximum absolute atomic E-state index is 4.29. The number of aromatic nitrogens is 7. The van der Waals surface area contributed by atoms with E-state index >= 15 is 0 Å². The average Bonchev–Trinajstić information content (AvgIpc) is 2.56. The Balaban J connectivity index is 1.89. The molecule has 0 saturated carbocycles. The van der Waals surface area contributed by atoms with Gasteiger partial charge in [-0.25, -0.2) is 9.97 Å². The van der Waals surface area contributed by atoms with Crippen LogP contribution in [0.15, 0.2) is 36.8 Å². The van der Waals surface area contributed by atoms with Gasteiger partial charge in [-0.1, -0.05) is 13.0 Å². The number of hydrogen-bond acceptors (Lipinski definition) is 7. The second kappa shape index (κ2) is 5.43. The zero-order valence-electron chi connectivity index (χ0n) is 10.8. The lowest BCUT2D eigenvalue weighted by Crippen LogP contribution is -2.02. The molecular formula is C13H11N7. The predicted octanol–water partition coefficient (Wildman–Crippen LogP) is 1.35. The zero-order chi connectivity index (χ0) is 13.8. The van der Waals surface area contributed by atoms with E-state index in [9.17, 15) is 0 Å². The largest absolute Gasteiger partial charge is 0.252 e. The van der Waals surface area contributed by atoms with E-state index in [0.717, 1.165) is 12.0 Å². The van der Waals surface area contributed by atoms with Gasteiger partial charge in [0.15, 0.2) is 0 Å². The standard InChI is InChI=1S/C13H11N7/c1-2-9-4-5-10(16-8-9)11-17-19-13(20-18-11)12-14-6-3-7-15-12/h3-8H,2H2,1H3. The van der Waals surface area contributed by atoms with Crippen LogP contribution in [0.25, 0.3) is 23.2 Å². The second-order valence-electron chi connectivity index (χ2n) is 4.02. The Labute approximate surface area is 115 Å². The van der Waals surface area contributed by atoms with Crippen molar-refractivity contribution in [1.29, 1.82) is 0 Å². The van der Waals surface area contributed by atoms with Crippen molar-refractivity contribution in [3.63, 3.8) is 0 Å². The highest BCUT2D eigenvalue weighted by Gasteiger charge is 2.08. The molecule has 0 bridgehead atoms. The van der Waals surface area contributed by atoms with Crippen LogP contribution >= 0.6 is 0 Å². The molecule has 0 aliphatic carbocycles. The van der Waals surface area contributed by atoms with Gasteiger partial charge in [-0.05, 0) is 24.1 Å². The average molecular weight is 265 g/mol. The van der Waals surface area contributed by atoms with Crippen LogP contribution in [-0.2, 0) is 6.42 Å². The fraction of sp³-hybridized carbons (Fsp3) is 0.154. The first kappa shape index (κ1) is 12.2. The number of rotatable bonds is 3. The molecule has 0 saturated heterocycles. The SMILES string of the molecule is CCc1ccc(-c2nnc(-c3ncccn3)nn2)nc1. The molecule has 3 rings (SSSR count). The molecule has 0 aliphatic rings. The Morgan fingerprint density at radius 3 is 2.10 bits per heavy atom. The van der Waals surface area contributed by atoms with Crippen molar-refractivity contribution in [2.75, 3.05) is 0 Å². The van der Waals surface area contributed by atoms with Gasteiger partial charge in [-0.15, -0.1) is 20.4 Å². The maximum atomic E-state index is 4.29. The Morgan fingerprint density at radius 1 is 0.800 bits per heavy atom. The summed E-state index contributed by atoms with van der Waals surface area (Å²) in [5.74, 6) is 1.07. The van der Waals surface area contributed by atoms with Crippen LogP contribution in [0.5, 0.6) is 0 Å². The number of aryl methyl sites for hydroxylation is 1. The van der Waals surface area contributed by atoms with Crippen LogP contribution in [-0.4, -0.2) is 35.3 Å². The molecule has 7 heteroatoms. The van der Waals surface area contributed by atoms with Gasteiger partial charge < -0.3 is 0 Å². The molecule has 0 amide bonds. The van der Waals surface area contributed by atoms with Crippen molar-refractivity contribution in [3.05, 3.63) is 42.4 Å². The van der Waals surface area contributed by atoms with Crippen LogP contribution in [0.2, 0.25) is 0 Å². The third-order valence-electron chi connectivity index (χ3n) is 2.71. The molecule has 0 aromatic carbocycles. The predicted molar refractivity (Wildman–Crippen MR) is 71.3 cm³/mol. The Bertz CT molecular complexity index is 680. The summed E-state index contributed by atoms with van der Waals surface area (Å²) in [7, 11) is 0. The lowest BCUT2D eigenvalue weighted by Gasteiger charge is -2.00. The van der Waals surface area contributed by atoms with E-state index in [1.165, 1.54) is 0 Å². The van der Waals surface area contributed by atoms with E-state index in [2.05, 4.69) is 42.3 Å². The molecule has 0 N–H and O–H groups in total. The van der Waals surface area contributed by atoms with Crippen LogP contribution in [0.1, 0.15) is 12.5 Å². The lowest BCUT2D eigenvalue weighted by atomic mass is 10.2. The molecule has 0 aliphatic heterocycles. The highest BCUT2D eigenvalue weighted by Crippen LogP contribution is 2.12. The Morgan fingerprint density at radius 2 is 1.50 bits per heavy atom. The van der Waals surface area contributed by atoms with Crippen molar-refractivity contribution in [1.82, 2.24) is 35.3 Å². The molecule has 0 fully saturated rings. The minimum atomic E-state index is 0.291. The fourth-order valence-corrected chi connectivity index (χ4v) is 1.60. The second-order valence-corrected chi connectivity index (χ2v) is 4.02. The molecule has 20 heavy (non-hydrogen) atoms. The summed E-state index contributed by atoms with van der Waals surface area (Å²) in [6.45, 7) is 2.07. The Hall–Kier alpha value is -2.83. The van der Waals surface area contributed by atoms with Crippen molar-refractivity contribution in [2.24, 2.45) is 0 Å². The summed E-state index contributed by atoms with van der Waals surface area (Å²) in [5, 5.41) is 16.0. The molecule has 0 unspecified atom stereocenters. The van der Waals surface area contributed by atoms with E-state index in [1.54, 1.807) is 24.7 Å². The van der Waals surface area contributed by atoms with E-state index in [1.807, 2.05) is 12.1 Å². The summed E-state index contributed by atoms with van der Waals surface area (Å²) in [5.41, 5.74) is 1.80. The summed E-state index contributed by atoms with van der Waals surface area (Å²) in [6.07, 6.45) is 5.97. The summed E-state index contributed by atoms with van der Waals surface area (Å²) < 4.78 is 0. The minimum absolute atomic E-state index is 0.291. The molecule has 0 spiro atoms. The van der Waals surface area contributed by atoms with Gasteiger partial charge in [0.1, 0.15) is 5.69 Å². The maximum Gasteiger partial charge on any atom is 0.240 e. The van der Waals surface area contributed by atoms with Crippen LogP contribution < -0.4 is 0 Å². The molecule has 3 aromatic heterocycles. The summed E-state index contributed by atoms with van der Waals surface area (Å²) >= 11 is 0. The lowest BCUT2D eigenvalue weighted by molar-refractivity contribution is 0.856. The quantitative estimate of drug-likeness (QED) is 0.705. The molecule has 3 aromatic rings. The van der Waals surface area contributed by atoms with Gasteiger partial charge in [0.05, 0.1) is 0 Å². The highest BCUT2D eigenvalue weighted by atomic mass is 15.3. The van der Waals surface area contributed by atoms with Gasteiger partial charge in [0, 0.05) is 18.6 Å². The van der Waals surface area contributed by atoms with E-state index in [-0.39, 0.29) is 0 Å². The van der Waals surface area contributed by atoms with Gasteiger partial charge in [-0.3, -0.25) is 4.98 Å². The van der Waals surface area contributed by atoms with Crippen LogP contribution in [0, 0.1) is 0 Å². The van der Waals surface area contributed by atoms with Crippen molar-refractivity contribution in [2.45, 2.75) is 13.3 Å². The van der Waals surface area contributed by atoms with Crippen LogP contribution in [0.3, 0.4) is 0 Å². The smallest absolute Gasteiger partial charge is 0.240 e. The number of pyridine rings is 1. The summed E-state index contributed by atoms with van der Waals surface area (Å²) in [6, 6.07) is 5.56. The van der Waals surface area contributed by atoms with Crippen molar-refractivity contribution >= 4 is 0 Å². The van der Waals surface area contributed by atoms with Gasteiger partial charge in [0.25, 0.3) is 0 Å². The topological polar surface area (TPSA) is 90.2 Å². The number of nitrogens with zero attached hydrogens (tertiary/aromatic N) is 7.